The van der Waals surface area contributed by atoms with Crippen LogP contribution < -0.4 is 10.5 Å². The summed E-state index contributed by atoms with van der Waals surface area (Å²) >= 11 is 5.69. The third-order valence-electron chi connectivity index (χ3n) is 2.86. The molecule has 0 saturated carbocycles. The predicted molar refractivity (Wildman–Crippen MR) is 78.2 cm³/mol. The van der Waals surface area contributed by atoms with Gasteiger partial charge in [0, 0.05) is 11.8 Å². The van der Waals surface area contributed by atoms with Crippen LogP contribution >= 0.6 is 11.6 Å². The molecule has 0 bridgehead atoms. The van der Waals surface area contributed by atoms with Crippen LogP contribution in [0, 0.1) is 13.8 Å². The minimum Gasteiger partial charge on any atom is -0.398 e. The van der Waals surface area contributed by atoms with Crippen LogP contribution in [0.4, 0.5) is 11.5 Å². The summed E-state index contributed by atoms with van der Waals surface area (Å²) in [5.41, 5.74) is 7.87. The molecule has 1 aromatic heterocycles. The fourth-order valence-electron chi connectivity index (χ4n) is 1.59. The molecule has 0 amide bonds. The first kappa shape index (κ1) is 14.5. The number of nitrogen functional groups attached to an aromatic ring is 1. The van der Waals surface area contributed by atoms with Crippen LogP contribution in [0.15, 0.2) is 29.4 Å². The van der Waals surface area contributed by atoms with Crippen molar-refractivity contribution in [3.8, 4) is 0 Å². The molecule has 0 radical (unpaired) electrons. The summed E-state index contributed by atoms with van der Waals surface area (Å²) in [5, 5.41) is 0.150. The van der Waals surface area contributed by atoms with Crippen LogP contribution in [-0.2, 0) is 10.0 Å². The number of anilines is 2. The second kappa shape index (κ2) is 5.26. The summed E-state index contributed by atoms with van der Waals surface area (Å²) in [7, 11) is -3.77. The lowest BCUT2D eigenvalue weighted by molar-refractivity contribution is 0.601. The van der Waals surface area contributed by atoms with Crippen molar-refractivity contribution in [1.29, 1.82) is 0 Å². The molecular formula is C12H13ClN4O2S. The zero-order valence-electron chi connectivity index (χ0n) is 10.9. The van der Waals surface area contributed by atoms with Gasteiger partial charge in [-0.2, -0.15) is 0 Å². The van der Waals surface area contributed by atoms with Gasteiger partial charge in [0.1, 0.15) is 17.3 Å². The Balaban J connectivity index is 2.41. The van der Waals surface area contributed by atoms with Gasteiger partial charge in [0.05, 0.1) is 4.90 Å². The number of aromatic nitrogens is 2. The largest absolute Gasteiger partial charge is 0.398 e. The second-order valence-electron chi connectivity index (χ2n) is 4.29. The number of sulfonamides is 1. The van der Waals surface area contributed by atoms with Gasteiger partial charge in [0.25, 0.3) is 10.0 Å². The summed E-state index contributed by atoms with van der Waals surface area (Å²) in [6.07, 6.45) is 1.18. The highest BCUT2D eigenvalue weighted by Crippen LogP contribution is 2.23. The van der Waals surface area contributed by atoms with Crippen molar-refractivity contribution >= 4 is 33.1 Å². The molecule has 2 aromatic rings. The summed E-state index contributed by atoms with van der Waals surface area (Å²) in [6.45, 7) is 3.63. The van der Waals surface area contributed by atoms with Crippen LogP contribution in [0.1, 0.15) is 11.1 Å². The van der Waals surface area contributed by atoms with Crippen LogP contribution in [0.25, 0.3) is 0 Å². The number of halogens is 1. The van der Waals surface area contributed by atoms with Gasteiger partial charge in [-0.3, -0.25) is 4.72 Å². The average molecular weight is 313 g/mol. The van der Waals surface area contributed by atoms with Crippen molar-refractivity contribution in [2.45, 2.75) is 18.7 Å². The molecule has 0 atom stereocenters. The van der Waals surface area contributed by atoms with Gasteiger partial charge < -0.3 is 5.73 Å². The number of aryl methyl sites for hydroxylation is 1. The van der Waals surface area contributed by atoms with Crippen LogP contribution in [0.2, 0.25) is 5.15 Å². The Labute approximate surface area is 122 Å². The molecule has 3 N–H and O–H groups in total. The highest BCUT2D eigenvalue weighted by Gasteiger charge is 2.17. The highest BCUT2D eigenvalue weighted by atomic mass is 35.5. The molecule has 0 spiro atoms. The number of hydrogen-bond donors (Lipinski definition) is 2. The van der Waals surface area contributed by atoms with Gasteiger partial charge in [-0.05, 0) is 37.1 Å². The van der Waals surface area contributed by atoms with Gasteiger partial charge in [-0.15, -0.1) is 0 Å². The molecule has 6 nitrogen and oxygen atoms in total. The third-order valence-corrected chi connectivity index (χ3v) is 4.40. The van der Waals surface area contributed by atoms with E-state index in [0.717, 1.165) is 11.1 Å². The minimum atomic E-state index is -3.77. The van der Waals surface area contributed by atoms with E-state index in [4.69, 9.17) is 17.3 Å². The van der Waals surface area contributed by atoms with Crippen molar-refractivity contribution in [2.75, 3.05) is 10.5 Å². The zero-order chi connectivity index (χ0) is 14.9. The Morgan fingerprint density at radius 2 is 1.90 bits per heavy atom. The lowest BCUT2D eigenvalue weighted by Gasteiger charge is -2.11. The number of benzene rings is 1. The first-order chi connectivity index (χ1) is 9.29. The molecule has 0 saturated heterocycles. The Morgan fingerprint density at radius 3 is 2.50 bits per heavy atom. The number of hydrogen-bond acceptors (Lipinski definition) is 5. The van der Waals surface area contributed by atoms with Gasteiger partial charge in [-0.1, -0.05) is 11.6 Å². The Kier molecular flexibility index (Phi) is 3.82. The normalized spacial score (nSPS) is 11.3. The molecule has 1 aromatic carbocycles. The quantitative estimate of drug-likeness (QED) is 0.668. The molecule has 8 heteroatoms. The zero-order valence-corrected chi connectivity index (χ0v) is 12.5. The fourth-order valence-corrected chi connectivity index (χ4v) is 2.86. The molecule has 0 fully saturated rings. The maximum Gasteiger partial charge on any atom is 0.263 e. The number of rotatable bonds is 3. The molecule has 2 rings (SSSR count). The summed E-state index contributed by atoms with van der Waals surface area (Å²) in [6, 6.07) is 4.29. The molecule has 20 heavy (non-hydrogen) atoms. The average Bonchev–Trinajstić information content (AvgIpc) is 2.34. The molecule has 106 valence electrons. The van der Waals surface area contributed by atoms with Crippen molar-refractivity contribution < 1.29 is 8.42 Å². The van der Waals surface area contributed by atoms with E-state index < -0.39 is 10.0 Å². The number of nitrogens with one attached hydrogen (secondary N) is 1. The maximum absolute atomic E-state index is 12.3. The van der Waals surface area contributed by atoms with Crippen LogP contribution in [-0.4, -0.2) is 18.4 Å². The van der Waals surface area contributed by atoms with E-state index in [0.29, 0.717) is 5.69 Å². The van der Waals surface area contributed by atoms with E-state index in [1.54, 1.807) is 13.0 Å². The highest BCUT2D eigenvalue weighted by molar-refractivity contribution is 7.92. The lowest BCUT2D eigenvalue weighted by atomic mass is 10.1. The van der Waals surface area contributed by atoms with E-state index in [-0.39, 0.29) is 15.9 Å². The van der Waals surface area contributed by atoms with Crippen molar-refractivity contribution in [3.05, 3.63) is 40.8 Å². The van der Waals surface area contributed by atoms with Gasteiger partial charge in [0.2, 0.25) is 0 Å². The SMILES string of the molecule is Cc1cc(S(=O)(=O)Nc2cc(Cl)ncn2)cc(N)c1C. The van der Waals surface area contributed by atoms with E-state index in [9.17, 15) is 8.42 Å². The predicted octanol–water partition coefficient (Wildman–Crippen LogP) is 2.13. The second-order valence-corrected chi connectivity index (χ2v) is 6.36. The monoisotopic (exact) mass is 312 g/mol. The van der Waals surface area contributed by atoms with Gasteiger partial charge in [0.15, 0.2) is 0 Å². The van der Waals surface area contributed by atoms with E-state index in [1.807, 2.05) is 6.92 Å². The molecule has 0 aliphatic heterocycles. The van der Waals surface area contributed by atoms with Crippen LogP contribution in [0.5, 0.6) is 0 Å². The standard InChI is InChI=1S/C12H13ClN4O2S/c1-7-3-9(4-10(14)8(7)2)20(18,19)17-12-5-11(13)15-6-16-12/h3-6H,14H2,1-2H3,(H,15,16,17). The lowest BCUT2D eigenvalue weighted by Crippen LogP contribution is -2.15. The van der Waals surface area contributed by atoms with E-state index in [1.165, 1.54) is 18.5 Å². The Bertz CT molecular complexity index is 739. The van der Waals surface area contributed by atoms with E-state index >= 15 is 0 Å². The fraction of sp³-hybridized carbons (Fsp3) is 0.167. The minimum absolute atomic E-state index is 0.0767. The number of nitrogens with zero attached hydrogens (tertiary/aromatic N) is 2. The molecule has 1 heterocycles. The van der Waals surface area contributed by atoms with E-state index in [2.05, 4.69) is 14.7 Å². The van der Waals surface area contributed by atoms with Crippen LogP contribution in [0.3, 0.4) is 0 Å². The van der Waals surface area contributed by atoms with Crippen molar-refractivity contribution in [1.82, 2.24) is 9.97 Å². The van der Waals surface area contributed by atoms with Gasteiger partial charge in [-0.25, -0.2) is 18.4 Å². The smallest absolute Gasteiger partial charge is 0.263 e. The Hall–Kier alpha value is -1.86. The molecule has 0 unspecified atom stereocenters. The van der Waals surface area contributed by atoms with Crippen molar-refractivity contribution in [2.24, 2.45) is 0 Å². The summed E-state index contributed by atoms with van der Waals surface area (Å²) in [4.78, 5) is 7.55. The first-order valence-corrected chi connectivity index (χ1v) is 7.53. The molecule has 0 aliphatic rings. The molecular weight excluding hydrogens is 300 g/mol. The topological polar surface area (TPSA) is 98.0 Å². The maximum atomic E-state index is 12.3. The third kappa shape index (κ3) is 3.00. The van der Waals surface area contributed by atoms with Crippen molar-refractivity contribution in [3.63, 3.8) is 0 Å². The van der Waals surface area contributed by atoms with Gasteiger partial charge >= 0.3 is 0 Å². The molecule has 0 aliphatic carbocycles. The summed E-state index contributed by atoms with van der Waals surface area (Å²) in [5.74, 6) is 0.0989. The first-order valence-electron chi connectivity index (χ1n) is 5.66. The number of nitrogens with two attached hydrogens (primary N) is 1. The summed E-state index contributed by atoms with van der Waals surface area (Å²) < 4.78 is 26.8. The Morgan fingerprint density at radius 1 is 1.20 bits per heavy atom.